The SMILES string of the molecule is Cc1ccc(C)c(N(C)C(=O)CCCn2c(=O)oc3cc([N+](=O)[O-])ccc32)c1. The number of nitrogens with zero attached hydrogens (tertiary/aromatic N) is 3. The minimum absolute atomic E-state index is 0.0508. The summed E-state index contributed by atoms with van der Waals surface area (Å²) in [7, 11) is 1.74. The van der Waals surface area contributed by atoms with Gasteiger partial charge < -0.3 is 9.32 Å². The minimum Gasteiger partial charge on any atom is -0.407 e. The van der Waals surface area contributed by atoms with E-state index in [2.05, 4.69) is 0 Å². The molecule has 3 aromatic rings. The number of nitro groups is 1. The molecule has 0 radical (unpaired) electrons. The van der Waals surface area contributed by atoms with Crippen LogP contribution in [0.5, 0.6) is 0 Å². The van der Waals surface area contributed by atoms with E-state index in [0.29, 0.717) is 11.9 Å². The van der Waals surface area contributed by atoms with Crippen LogP contribution in [0.25, 0.3) is 11.1 Å². The summed E-state index contributed by atoms with van der Waals surface area (Å²) in [5, 5.41) is 10.8. The van der Waals surface area contributed by atoms with Gasteiger partial charge in [-0.2, -0.15) is 0 Å². The third kappa shape index (κ3) is 3.80. The number of fused-ring (bicyclic) bond motifs is 1. The van der Waals surface area contributed by atoms with Gasteiger partial charge >= 0.3 is 5.76 Å². The second-order valence-corrected chi connectivity index (χ2v) is 6.77. The Morgan fingerprint density at radius 3 is 2.68 bits per heavy atom. The van der Waals surface area contributed by atoms with E-state index < -0.39 is 10.7 Å². The van der Waals surface area contributed by atoms with Crippen LogP contribution in [0.1, 0.15) is 24.0 Å². The van der Waals surface area contributed by atoms with Gasteiger partial charge in [0.25, 0.3) is 5.69 Å². The molecule has 0 atom stereocenters. The van der Waals surface area contributed by atoms with Crippen LogP contribution in [0.15, 0.2) is 45.6 Å². The lowest BCUT2D eigenvalue weighted by Gasteiger charge is -2.20. The first-order valence-corrected chi connectivity index (χ1v) is 8.89. The zero-order valence-corrected chi connectivity index (χ0v) is 16.0. The monoisotopic (exact) mass is 383 g/mol. The van der Waals surface area contributed by atoms with Crippen LogP contribution in [0.4, 0.5) is 11.4 Å². The van der Waals surface area contributed by atoms with E-state index in [0.717, 1.165) is 16.8 Å². The lowest BCUT2D eigenvalue weighted by molar-refractivity contribution is -0.384. The maximum atomic E-state index is 12.5. The van der Waals surface area contributed by atoms with Gasteiger partial charge in [0.15, 0.2) is 5.58 Å². The molecule has 0 bridgehead atoms. The minimum atomic E-state index is -0.592. The fraction of sp³-hybridized carbons (Fsp3) is 0.300. The molecule has 0 spiro atoms. The first-order valence-electron chi connectivity index (χ1n) is 8.89. The van der Waals surface area contributed by atoms with Crippen molar-refractivity contribution in [2.45, 2.75) is 33.2 Å². The average Bonchev–Trinajstić information content (AvgIpc) is 2.97. The Bertz CT molecular complexity index is 1110. The maximum Gasteiger partial charge on any atom is 0.419 e. The molecular weight excluding hydrogens is 362 g/mol. The van der Waals surface area contributed by atoms with Crippen LogP contribution in [0, 0.1) is 24.0 Å². The van der Waals surface area contributed by atoms with E-state index >= 15 is 0 Å². The molecule has 8 heteroatoms. The highest BCUT2D eigenvalue weighted by molar-refractivity contribution is 5.93. The van der Waals surface area contributed by atoms with Crippen molar-refractivity contribution in [1.29, 1.82) is 0 Å². The van der Waals surface area contributed by atoms with Crippen molar-refractivity contribution in [2.24, 2.45) is 0 Å². The largest absolute Gasteiger partial charge is 0.419 e. The van der Waals surface area contributed by atoms with E-state index in [1.54, 1.807) is 11.9 Å². The molecular formula is C20H21N3O5. The molecule has 28 heavy (non-hydrogen) atoms. The molecule has 0 aliphatic carbocycles. The zero-order chi connectivity index (χ0) is 20.4. The molecule has 0 N–H and O–H groups in total. The molecule has 0 fully saturated rings. The van der Waals surface area contributed by atoms with E-state index in [1.165, 1.54) is 22.8 Å². The highest BCUT2D eigenvalue weighted by Gasteiger charge is 2.16. The number of aryl methyl sites for hydroxylation is 3. The van der Waals surface area contributed by atoms with Crippen molar-refractivity contribution in [3.05, 3.63) is 68.2 Å². The van der Waals surface area contributed by atoms with Gasteiger partial charge in [0.05, 0.1) is 16.5 Å². The molecule has 0 unspecified atom stereocenters. The fourth-order valence-electron chi connectivity index (χ4n) is 3.15. The van der Waals surface area contributed by atoms with E-state index in [9.17, 15) is 19.7 Å². The molecule has 0 saturated heterocycles. The van der Waals surface area contributed by atoms with E-state index in [4.69, 9.17) is 4.42 Å². The van der Waals surface area contributed by atoms with Crippen molar-refractivity contribution in [1.82, 2.24) is 4.57 Å². The number of non-ortho nitro benzene ring substituents is 1. The number of oxazole rings is 1. The highest BCUT2D eigenvalue weighted by Crippen LogP contribution is 2.22. The number of nitro benzene ring substituents is 1. The lowest BCUT2D eigenvalue weighted by Crippen LogP contribution is -2.27. The van der Waals surface area contributed by atoms with Gasteiger partial charge in [-0.25, -0.2) is 4.79 Å². The van der Waals surface area contributed by atoms with Crippen LogP contribution in [0.2, 0.25) is 0 Å². The molecule has 8 nitrogen and oxygen atoms in total. The van der Waals surface area contributed by atoms with Crippen LogP contribution in [-0.2, 0) is 11.3 Å². The van der Waals surface area contributed by atoms with E-state index in [-0.39, 0.29) is 30.1 Å². The van der Waals surface area contributed by atoms with Gasteiger partial charge in [0.2, 0.25) is 5.91 Å². The Kier molecular flexibility index (Phi) is 5.30. The zero-order valence-electron chi connectivity index (χ0n) is 16.0. The van der Waals surface area contributed by atoms with Crippen molar-refractivity contribution >= 4 is 28.4 Å². The van der Waals surface area contributed by atoms with Gasteiger partial charge in [-0.3, -0.25) is 19.5 Å². The fourth-order valence-corrected chi connectivity index (χ4v) is 3.15. The van der Waals surface area contributed by atoms with Crippen molar-refractivity contribution in [3.63, 3.8) is 0 Å². The van der Waals surface area contributed by atoms with Gasteiger partial charge in [-0.15, -0.1) is 0 Å². The number of hydrogen-bond donors (Lipinski definition) is 0. The topological polar surface area (TPSA) is 98.6 Å². The smallest absolute Gasteiger partial charge is 0.407 e. The summed E-state index contributed by atoms with van der Waals surface area (Å²) < 4.78 is 6.49. The van der Waals surface area contributed by atoms with Gasteiger partial charge in [0.1, 0.15) is 0 Å². The van der Waals surface area contributed by atoms with Gasteiger partial charge in [-0.05, 0) is 43.5 Å². The molecule has 0 aliphatic rings. The van der Waals surface area contributed by atoms with Crippen LogP contribution >= 0.6 is 0 Å². The number of anilines is 1. The summed E-state index contributed by atoms with van der Waals surface area (Å²) in [6.07, 6.45) is 0.704. The van der Waals surface area contributed by atoms with Crippen molar-refractivity contribution in [3.8, 4) is 0 Å². The molecule has 3 rings (SSSR count). The van der Waals surface area contributed by atoms with Crippen molar-refractivity contribution < 1.29 is 14.1 Å². The first kappa shape index (κ1) is 19.3. The number of carbonyl (C=O) groups excluding carboxylic acids is 1. The number of hydrogen-bond acceptors (Lipinski definition) is 5. The predicted octanol–water partition coefficient (Wildman–Crippen LogP) is 3.56. The predicted molar refractivity (Wildman–Crippen MR) is 106 cm³/mol. The summed E-state index contributed by atoms with van der Waals surface area (Å²) in [6.45, 7) is 4.22. The Balaban J connectivity index is 1.70. The van der Waals surface area contributed by atoms with Crippen molar-refractivity contribution in [2.75, 3.05) is 11.9 Å². The number of rotatable bonds is 6. The maximum absolute atomic E-state index is 12.5. The lowest BCUT2D eigenvalue weighted by atomic mass is 10.1. The molecule has 0 aliphatic heterocycles. The Morgan fingerprint density at radius 2 is 1.96 bits per heavy atom. The Hall–Kier alpha value is -3.42. The molecule has 1 aromatic heterocycles. The summed E-state index contributed by atoms with van der Waals surface area (Å²) in [6, 6.07) is 9.99. The molecule has 1 heterocycles. The molecule has 2 aromatic carbocycles. The number of carbonyl (C=O) groups is 1. The molecule has 146 valence electrons. The Morgan fingerprint density at radius 1 is 1.21 bits per heavy atom. The summed E-state index contributed by atoms with van der Waals surface area (Å²) >= 11 is 0. The summed E-state index contributed by atoms with van der Waals surface area (Å²) in [5.74, 6) is -0.643. The summed E-state index contributed by atoms with van der Waals surface area (Å²) in [5.41, 5.74) is 3.46. The Labute approximate surface area is 161 Å². The standard InChI is InChI=1S/C20H21N3O5/c1-13-6-7-14(2)17(11-13)21(3)19(24)5-4-10-22-16-9-8-15(23(26)27)12-18(16)28-20(22)25/h6-9,11-12H,4-5,10H2,1-3H3. The molecule has 1 amide bonds. The van der Waals surface area contributed by atoms with Crippen LogP contribution in [-0.4, -0.2) is 22.4 Å². The van der Waals surface area contributed by atoms with Gasteiger partial charge in [0, 0.05) is 31.8 Å². The van der Waals surface area contributed by atoms with Crippen LogP contribution in [0.3, 0.4) is 0 Å². The average molecular weight is 383 g/mol. The normalized spacial score (nSPS) is 11.0. The number of benzene rings is 2. The third-order valence-corrected chi connectivity index (χ3v) is 4.74. The number of amides is 1. The quantitative estimate of drug-likeness (QED) is 0.479. The summed E-state index contributed by atoms with van der Waals surface area (Å²) in [4.78, 5) is 36.5. The second kappa shape index (κ2) is 7.67. The van der Waals surface area contributed by atoms with Crippen LogP contribution < -0.4 is 10.7 Å². The highest BCUT2D eigenvalue weighted by atomic mass is 16.6. The van der Waals surface area contributed by atoms with Gasteiger partial charge in [-0.1, -0.05) is 12.1 Å². The second-order valence-electron chi connectivity index (χ2n) is 6.77. The molecule has 0 saturated carbocycles. The first-order chi connectivity index (χ1) is 13.3. The van der Waals surface area contributed by atoms with E-state index in [1.807, 2.05) is 32.0 Å². The number of aromatic nitrogens is 1. The third-order valence-electron chi connectivity index (χ3n) is 4.74.